The minimum atomic E-state index is -0.549. The zero-order valence-corrected chi connectivity index (χ0v) is 18.9. The van der Waals surface area contributed by atoms with E-state index in [-0.39, 0.29) is 11.6 Å². The van der Waals surface area contributed by atoms with Crippen molar-refractivity contribution in [3.63, 3.8) is 0 Å². The lowest BCUT2D eigenvalue weighted by Gasteiger charge is -2.14. The summed E-state index contributed by atoms with van der Waals surface area (Å²) in [6.45, 7) is 3.30. The topological polar surface area (TPSA) is 86.7 Å². The number of carbonyl (C=O) groups is 1. The fourth-order valence-electron chi connectivity index (χ4n) is 3.70. The average Bonchev–Trinajstić information content (AvgIpc) is 3.17. The number of nitro benzene ring substituents is 1. The van der Waals surface area contributed by atoms with E-state index < -0.39 is 10.8 Å². The summed E-state index contributed by atoms with van der Waals surface area (Å²) >= 11 is 1.34. The van der Waals surface area contributed by atoms with Gasteiger partial charge in [0, 0.05) is 25.3 Å². The molecule has 0 saturated heterocycles. The van der Waals surface area contributed by atoms with Crippen molar-refractivity contribution in [3.8, 4) is 0 Å². The standard InChI is InChI=1S/C25H23N3O4S/c1-2-32-16-15-27-21-17-20(28(30)31)13-14-22(21)33-25(27)26-24(29)23(18-9-5-3-6-10-18)19-11-7-4-8-12-19/h3-14,17,23H,2,15-16H2,1H3. The van der Waals surface area contributed by atoms with Crippen molar-refractivity contribution >= 4 is 33.1 Å². The molecule has 0 aliphatic heterocycles. The molecule has 0 aliphatic rings. The molecular weight excluding hydrogens is 438 g/mol. The Bertz CT molecular complexity index is 1290. The van der Waals surface area contributed by atoms with Crippen LogP contribution in [0.3, 0.4) is 0 Å². The number of fused-ring (bicyclic) bond motifs is 1. The summed E-state index contributed by atoms with van der Waals surface area (Å²) in [6, 6.07) is 23.8. The van der Waals surface area contributed by atoms with Gasteiger partial charge in [0.2, 0.25) is 0 Å². The summed E-state index contributed by atoms with van der Waals surface area (Å²) in [6.07, 6.45) is 0. The number of ether oxygens (including phenoxy) is 1. The van der Waals surface area contributed by atoms with Crippen LogP contribution in [-0.2, 0) is 16.1 Å². The molecule has 8 heteroatoms. The molecule has 1 aromatic heterocycles. The molecule has 0 N–H and O–H groups in total. The maximum atomic E-state index is 13.5. The van der Waals surface area contributed by atoms with Crippen LogP contribution in [0.25, 0.3) is 10.2 Å². The Kier molecular flexibility index (Phi) is 7.07. The van der Waals surface area contributed by atoms with Gasteiger partial charge in [0.25, 0.3) is 11.6 Å². The second kappa shape index (κ2) is 10.3. The average molecular weight is 462 g/mol. The Hall–Kier alpha value is -3.62. The van der Waals surface area contributed by atoms with Crippen LogP contribution in [0.5, 0.6) is 0 Å². The molecule has 4 rings (SSSR count). The van der Waals surface area contributed by atoms with Gasteiger partial charge >= 0.3 is 0 Å². The summed E-state index contributed by atoms with van der Waals surface area (Å²) in [5.74, 6) is -0.842. The van der Waals surface area contributed by atoms with Crippen LogP contribution in [0.1, 0.15) is 24.0 Å². The predicted octanol–water partition coefficient (Wildman–Crippen LogP) is 4.91. The molecule has 168 valence electrons. The molecule has 4 aromatic rings. The first-order valence-corrected chi connectivity index (χ1v) is 11.4. The molecular formula is C25H23N3O4S. The second-order valence-corrected chi connectivity index (χ2v) is 8.36. The predicted molar refractivity (Wildman–Crippen MR) is 128 cm³/mol. The number of hydrogen-bond acceptors (Lipinski definition) is 5. The van der Waals surface area contributed by atoms with E-state index in [0.29, 0.717) is 30.1 Å². The van der Waals surface area contributed by atoms with Crippen LogP contribution in [0.15, 0.2) is 83.9 Å². The number of rotatable bonds is 8. The number of nitro groups is 1. The van der Waals surface area contributed by atoms with Gasteiger partial charge in [-0.2, -0.15) is 4.99 Å². The summed E-state index contributed by atoms with van der Waals surface area (Å²) in [5.41, 5.74) is 2.37. The molecule has 0 radical (unpaired) electrons. The van der Waals surface area contributed by atoms with Gasteiger partial charge in [-0.1, -0.05) is 72.0 Å². The fraction of sp³-hybridized carbons (Fsp3) is 0.200. The highest BCUT2D eigenvalue weighted by atomic mass is 32.1. The Labute approximate surface area is 194 Å². The van der Waals surface area contributed by atoms with Crippen LogP contribution in [-0.4, -0.2) is 28.6 Å². The number of carbonyl (C=O) groups excluding carboxylic acids is 1. The smallest absolute Gasteiger partial charge is 0.271 e. The van der Waals surface area contributed by atoms with E-state index in [1.807, 2.05) is 72.2 Å². The van der Waals surface area contributed by atoms with E-state index >= 15 is 0 Å². The van der Waals surface area contributed by atoms with E-state index in [1.54, 1.807) is 6.07 Å². The first-order valence-electron chi connectivity index (χ1n) is 10.6. The summed E-state index contributed by atoms with van der Waals surface area (Å²) in [4.78, 5) is 29.4. The van der Waals surface area contributed by atoms with Crippen LogP contribution >= 0.6 is 11.3 Å². The zero-order chi connectivity index (χ0) is 23.2. The molecule has 0 saturated carbocycles. The van der Waals surface area contributed by atoms with E-state index in [0.717, 1.165) is 15.8 Å². The number of thiazole rings is 1. The Morgan fingerprint density at radius 1 is 1.06 bits per heavy atom. The van der Waals surface area contributed by atoms with Crippen molar-refractivity contribution in [2.24, 2.45) is 4.99 Å². The highest BCUT2D eigenvalue weighted by Gasteiger charge is 2.23. The first kappa shape index (κ1) is 22.6. The maximum Gasteiger partial charge on any atom is 0.271 e. The van der Waals surface area contributed by atoms with Gasteiger partial charge in [-0.05, 0) is 24.1 Å². The lowest BCUT2D eigenvalue weighted by molar-refractivity contribution is -0.384. The van der Waals surface area contributed by atoms with Crippen molar-refractivity contribution in [2.75, 3.05) is 13.2 Å². The van der Waals surface area contributed by atoms with E-state index in [9.17, 15) is 14.9 Å². The van der Waals surface area contributed by atoms with Gasteiger partial charge in [-0.15, -0.1) is 0 Å². The number of benzene rings is 3. The Balaban J connectivity index is 1.84. The van der Waals surface area contributed by atoms with E-state index in [4.69, 9.17) is 4.74 Å². The molecule has 0 unspecified atom stereocenters. The molecule has 7 nitrogen and oxygen atoms in total. The first-order chi connectivity index (χ1) is 16.1. The molecule has 0 bridgehead atoms. The van der Waals surface area contributed by atoms with Gasteiger partial charge < -0.3 is 9.30 Å². The number of non-ortho nitro benzene ring substituents is 1. The highest BCUT2D eigenvalue weighted by molar-refractivity contribution is 7.16. The van der Waals surface area contributed by atoms with Crippen LogP contribution in [0.4, 0.5) is 5.69 Å². The summed E-state index contributed by atoms with van der Waals surface area (Å²) in [7, 11) is 0. The number of nitrogens with zero attached hydrogens (tertiary/aromatic N) is 3. The number of amides is 1. The Morgan fingerprint density at radius 2 is 1.70 bits per heavy atom. The normalized spacial score (nSPS) is 11.9. The molecule has 3 aromatic carbocycles. The lowest BCUT2D eigenvalue weighted by atomic mass is 9.91. The van der Waals surface area contributed by atoms with Gasteiger partial charge in [0.1, 0.15) is 0 Å². The molecule has 0 spiro atoms. The van der Waals surface area contributed by atoms with Gasteiger partial charge in [-0.3, -0.25) is 14.9 Å². The molecule has 0 atom stereocenters. The van der Waals surface area contributed by atoms with Crippen molar-refractivity contribution in [3.05, 3.63) is 105 Å². The largest absolute Gasteiger partial charge is 0.380 e. The molecule has 1 amide bonds. The van der Waals surface area contributed by atoms with E-state index in [2.05, 4.69) is 4.99 Å². The van der Waals surface area contributed by atoms with Crippen LogP contribution in [0.2, 0.25) is 0 Å². The summed E-state index contributed by atoms with van der Waals surface area (Å²) < 4.78 is 8.15. The van der Waals surface area contributed by atoms with Gasteiger partial charge in [-0.25, -0.2) is 0 Å². The summed E-state index contributed by atoms with van der Waals surface area (Å²) in [5, 5.41) is 11.3. The van der Waals surface area contributed by atoms with Crippen molar-refractivity contribution < 1.29 is 14.5 Å². The lowest BCUT2D eigenvalue weighted by Crippen LogP contribution is -2.22. The minimum absolute atomic E-state index is 0.00483. The quantitative estimate of drug-likeness (QED) is 0.212. The third-order valence-corrected chi connectivity index (χ3v) is 6.32. The fourth-order valence-corrected chi connectivity index (χ4v) is 4.74. The third kappa shape index (κ3) is 5.08. The van der Waals surface area contributed by atoms with Crippen LogP contribution in [0, 0.1) is 10.1 Å². The number of aromatic nitrogens is 1. The molecule has 33 heavy (non-hydrogen) atoms. The van der Waals surface area contributed by atoms with Crippen LogP contribution < -0.4 is 4.80 Å². The second-order valence-electron chi connectivity index (χ2n) is 7.35. The van der Waals surface area contributed by atoms with Crippen molar-refractivity contribution in [2.45, 2.75) is 19.4 Å². The monoisotopic (exact) mass is 461 g/mol. The van der Waals surface area contributed by atoms with E-state index in [1.165, 1.54) is 23.5 Å². The zero-order valence-electron chi connectivity index (χ0n) is 18.1. The third-order valence-electron chi connectivity index (χ3n) is 5.26. The Morgan fingerprint density at radius 3 is 2.27 bits per heavy atom. The van der Waals surface area contributed by atoms with Crippen molar-refractivity contribution in [1.29, 1.82) is 0 Å². The number of hydrogen-bond donors (Lipinski definition) is 0. The SMILES string of the molecule is CCOCCn1c(=NC(=O)C(c2ccccc2)c2ccccc2)sc2ccc([N+](=O)[O-])cc21. The maximum absolute atomic E-state index is 13.5. The minimum Gasteiger partial charge on any atom is -0.380 e. The molecule has 0 fully saturated rings. The molecule has 1 heterocycles. The van der Waals surface area contributed by atoms with Gasteiger partial charge in [0.15, 0.2) is 4.80 Å². The van der Waals surface area contributed by atoms with Gasteiger partial charge in [0.05, 0.1) is 27.7 Å². The molecule has 0 aliphatic carbocycles. The highest BCUT2D eigenvalue weighted by Crippen LogP contribution is 2.27. The van der Waals surface area contributed by atoms with Crippen molar-refractivity contribution in [1.82, 2.24) is 4.57 Å².